The van der Waals surface area contributed by atoms with Crippen LogP contribution in [0.3, 0.4) is 0 Å². The van der Waals surface area contributed by atoms with Gasteiger partial charge in [0.15, 0.2) is 12.4 Å². The van der Waals surface area contributed by atoms with Gasteiger partial charge in [0.05, 0.1) is 23.3 Å². The van der Waals surface area contributed by atoms with Crippen molar-refractivity contribution in [2.75, 3.05) is 30.3 Å². The number of likely N-dealkylation sites (tertiary alicyclic amines) is 1. The largest absolute Gasteiger partial charge is 0.484 e. The summed E-state index contributed by atoms with van der Waals surface area (Å²) in [4.78, 5) is 30.6. The van der Waals surface area contributed by atoms with E-state index < -0.39 is 0 Å². The molecule has 8 nitrogen and oxygen atoms in total. The van der Waals surface area contributed by atoms with Crippen LogP contribution in [0.5, 0.6) is 5.75 Å². The molecular formula is C26H22ClFN6O2. The lowest BCUT2D eigenvalue weighted by Gasteiger charge is -2.35. The Morgan fingerprint density at radius 2 is 1.78 bits per heavy atom. The molecule has 4 aromatic rings. The Kier molecular flexibility index (Phi) is 5.56. The lowest BCUT2D eigenvalue weighted by atomic mass is 10.1. The third-order valence-electron chi connectivity index (χ3n) is 6.69. The van der Waals surface area contributed by atoms with E-state index in [0.29, 0.717) is 46.4 Å². The van der Waals surface area contributed by atoms with Crippen LogP contribution in [0.4, 0.5) is 16.2 Å². The van der Waals surface area contributed by atoms with Crippen molar-refractivity contribution >= 4 is 40.3 Å². The monoisotopic (exact) mass is 504 g/mol. The smallest absolute Gasteiger partial charge is 0.260 e. The maximum absolute atomic E-state index is 13.4. The number of hydrogen-bond acceptors (Lipinski definition) is 7. The van der Waals surface area contributed by atoms with Crippen molar-refractivity contribution < 1.29 is 13.9 Å². The van der Waals surface area contributed by atoms with E-state index in [-0.39, 0.29) is 36.4 Å². The average molecular weight is 505 g/mol. The predicted octanol–water partition coefficient (Wildman–Crippen LogP) is 3.94. The van der Waals surface area contributed by atoms with Crippen LogP contribution in [0.2, 0.25) is 5.02 Å². The predicted molar refractivity (Wildman–Crippen MR) is 135 cm³/mol. The van der Waals surface area contributed by atoms with Crippen molar-refractivity contribution in [2.24, 2.45) is 0 Å². The van der Waals surface area contributed by atoms with E-state index in [1.807, 2.05) is 17.0 Å². The molecule has 2 bridgehead atoms. The standard InChI is InChI=1S/C26H22ClFN6O2/c27-16-3-7-20(8-4-16)36-14-23(35)33-12-19-11-18(33)13-34(19)25-24-22(31-26(29)32-25)10-9-21(30-24)15-1-5-17(28)6-2-15/h1-10,18-19H,11-14H2,(H2,29,31,32). The van der Waals surface area contributed by atoms with Gasteiger partial charge in [-0.25, -0.2) is 14.4 Å². The maximum atomic E-state index is 13.4. The second-order valence-corrected chi connectivity index (χ2v) is 9.40. The van der Waals surface area contributed by atoms with E-state index in [1.165, 1.54) is 12.1 Å². The van der Waals surface area contributed by atoms with Crippen LogP contribution < -0.4 is 15.4 Å². The van der Waals surface area contributed by atoms with Gasteiger partial charge in [-0.15, -0.1) is 0 Å². The lowest BCUT2D eigenvalue weighted by molar-refractivity contribution is -0.134. The van der Waals surface area contributed by atoms with Gasteiger partial charge in [0.1, 0.15) is 17.1 Å². The molecule has 182 valence electrons. The molecule has 4 heterocycles. The number of halogens is 2. The molecule has 2 aliphatic heterocycles. The summed E-state index contributed by atoms with van der Waals surface area (Å²) < 4.78 is 19.0. The van der Waals surface area contributed by atoms with E-state index in [4.69, 9.17) is 27.1 Å². The first-order valence-corrected chi connectivity index (χ1v) is 12.0. The van der Waals surface area contributed by atoms with Crippen LogP contribution >= 0.6 is 11.6 Å². The van der Waals surface area contributed by atoms with Gasteiger partial charge in [-0.05, 0) is 67.1 Å². The number of hydrogen-bond donors (Lipinski definition) is 1. The van der Waals surface area contributed by atoms with E-state index >= 15 is 0 Å². The number of pyridine rings is 1. The molecule has 0 saturated carbocycles. The number of rotatable bonds is 5. The highest BCUT2D eigenvalue weighted by Crippen LogP contribution is 2.37. The number of nitrogens with two attached hydrogens (primary N) is 1. The Hall–Kier alpha value is -3.98. The number of piperazine rings is 1. The Morgan fingerprint density at radius 3 is 2.50 bits per heavy atom. The van der Waals surface area contributed by atoms with E-state index in [1.54, 1.807) is 36.4 Å². The van der Waals surface area contributed by atoms with Gasteiger partial charge < -0.3 is 20.3 Å². The molecule has 10 heteroatoms. The van der Waals surface area contributed by atoms with Gasteiger partial charge in [0, 0.05) is 23.7 Å². The van der Waals surface area contributed by atoms with Gasteiger partial charge in [0.25, 0.3) is 5.91 Å². The molecular weight excluding hydrogens is 483 g/mol. The second kappa shape index (κ2) is 8.91. The molecule has 0 radical (unpaired) electrons. The van der Waals surface area contributed by atoms with Crippen LogP contribution in [0.25, 0.3) is 22.3 Å². The van der Waals surface area contributed by atoms with E-state index in [2.05, 4.69) is 14.9 Å². The summed E-state index contributed by atoms with van der Waals surface area (Å²) in [5.41, 5.74) is 8.78. The number of carbonyl (C=O) groups excluding carboxylic acids is 1. The zero-order valence-electron chi connectivity index (χ0n) is 19.1. The fourth-order valence-electron chi connectivity index (χ4n) is 4.99. The minimum absolute atomic E-state index is 0.0309. The Labute approximate surface area is 211 Å². The first kappa shape index (κ1) is 22.5. The molecule has 2 aromatic heterocycles. The van der Waals surface area contributed by atoms with Crippen molar-refractivity contribution in [1.82, 2.24) is 19.9 Å². The summed E-state index contributed by atoms with van der Waals surface area (Å²) in [6, 6.07) is 16.9. The number of aromatic nitrogens is 3. The number of benzene rings is 2. The Bertz CT molecular complexity index is 1450. The summed E-state index contributed by atoms with van der Waals surface area (Å²) in [6.07, 6.45) is 0.829. The first-order chi connectivity index (χ1) is 17.4. The van der Waals surface area contributed by atoms with Crippen LogP contribution in [0.1, 0.15) is 6.42 Å². The molecule has 1 amide bonds. The molecule has 2 N–H and O–H groups in total. The molecule has 2 aliphatic rings. The number of ether oxygens (including phenoxy) is 1. The van der Waals surface area contributed by atoms with Crippen molar-refractivity contribution in [3.63, 3.8) is 0 Å². The summed E-state index contributed by atoms with van der Waals surface area (Å²) in [7, 11) is 0. The van der Waals surface area contributed by atoms with Gasteiger partial charge in [-0.3, -0.25) is 4.79 Å². The zero-order valence-corrected chi connectivity index (χ0v) is 19.9. The third-order valence-corrected chi connectivity index (χ3v) is 6.94. The molecule has 0 aliphatic carbocycles. The van der Waals surface area contributed by atoms with Gasteiger partial charge in [-0.2, -0.15) is 4.98 Å². The number of nitrogen functional groups attached to an aromatic ring is 1. The molecule has 2 saturated heterocycles. The summed E-state index contributed by atoms with van der Waals surface area (Å²) in [5.74, 6) is 1.06. The van der Waals surface area contributed by atoms with Gasteiger partial charge in [0.2, 0.25) is 5.95 Å². The summed E-state index contributed by atoms with van der Waals surface area (Å²) in [5, 5.41) is 0.614. The highest BCUT2D eigenvalue weighted by molar-refractivity contribution is 6.30. The van der Waals surface area contributed by atoms with Crippen molar-refractivity contribution in [3.05, 3.63) is 71.5 Å². The minimum atomic E-state index is -0.304. The zero-order chi connectivity index (χ0) is 24.8. The number of anilines is 2. The fraction of sp³-hybridized carbons (Fsp3) is 0.231. The molecule has 2 fully saturated rings. The molecule has 2 aromatic carbocycles. The molecule has 2 unspecified atom stereocenters. The molecule has 36 heavy (non-hydrogen) atoms. The van der Waals surface area contributed by atoms with Crippen LogP contribution in [0, 0.1) is 5.82 Å². The fourth-order valence-corrected chi connectivity index (χ4v) is 5.11. The summed E-state index contributed by atoms with van der Waals surface area (Å²) >= 11 is 5.91. The minimum Gasteiger partial charge on any atom is -0.484 e. The topological polar surface area (TPSA) is 97.5 Å². The molecule has 2 atom stereocenters. The SMILES string of the molecule is Nc1nc(N2CC3CC2CN3C(=O)COc2ccc(Cl)cc2)c2nc(-c3ccc(F)cc3)ccc2n1. The van der Waals surface area contributed by atoms with E-state index in [0.717, 1.165) is 12.0 Å². The maximum Gasteiger partial charge on any atom is 0.260 e. The van der Waals surface area contributed by atoms with Gasteiger partial charge >= 0.3 is 0 Å². The Morgan fingerprint density at radius 1 is 1.00 bits per heavy atom. The van der Waals surface area contributed by atoms with Crippen LogP contribution in [-0.2, 0) is 4.79 Å². The number of nitrogens with zero attached hydrogens (tertiary/aromatic N) is 5. The first-order valence-electron chi connectivity index (χ1n) is 11.6. The van der Waals surface area contributed by atoms with Crippen molar-refractivity contribution in [2.45, 2.75) is 18.5 Å². The highest BCUT2D eigenvalue weighted by Gasteiger charge is 2.46. The third kappa shape index (κ3) is 4.15. The van der Waals surface area contributed by atoms with Crippen molar-refractivity contribution in [3.8, 4) is 17.0 Å². The normalized spacial score (nSPS) is 18.7. The van der Waals surface area contributed by atoms with Crippen LogP contribution in [-0.4, -0.2) is 57.5 Å². The average Bonchev–Trinajstić information content (AvgIpc) is 3.49. The summed E-state index contributed by atoms with van der Waals surface area (Å²) in [6.45, 7) is 1.15. The van der Waals surface area contributed by atoms with E-state index in [9.17, 15) is 9.18 Å². The molecule has 0 spiro atoms. The van der Waals surface area contributed by atoms with Crippen molar-refractivity contribution in [1.29, 1.82) is 0 Å². The number of fused-ring (bicyclic) bond motifs is 3. The quantitative estimate of drug-likeness (QED) is 0.439. The lowest BCUT2D eigenvalue weighted by Crippen LogP contribution is -2.50. The number of carbonyl (C=O) groups is 1. The van der Waals surface area contributed by atoms with Gasteiger partial charge in [-0.1, -0.05) is 11.6 Å². The molecule has 6 rings (SSSR count). The highest BCUT2D eigenvalue weighted by atomic mass is 35.5. The Balaban J connectivity index is 1.22. The van der Waals surface area contributed by atoms with Crippen LogP contribution in [0.15, 0.2) is 60.7 Å². The second-order valence-electron chi connectivity index (χ2n) is 8.96. The number of amides is 1.